The van der Waals surface area contributed by atoms with E-state index in [1.165, 1.54) is 57.3 Å². The highest BCUT2D eigenvalue weighted by Crippen LogP contribution is 2.24. The van der Waals surface area contributed by atoms with Crippen molar-refractivity contribution in [2.45, 2.75) is 437 Å². The second-order valence-corrected chi connectivity index (χ2v) is 39.3. The lowest BCUT2D eigenvalue weighted by molar-refractivity contribution is -0.143. The number of amides is 16. The van der Waals surface area contributed by atoms with Gasteiger partial charge in [0.25, 0.3) is 0 Å². The van der Waals surface area contributed by atoms with E-state index in [4.69, 9.17) is 45.9 Å². The lowest BCUT2D eigenvalue weighted by atomic mass is 9.98. The van der Waals surface area contributed by atoms with Gasteiger partial charge in [-0.25, -0.2) is 0 Å². The summed E-state index contributed by atoms with van der Waals surface area (Å²) in [6, 6.07) is -18.0. The Morgan fingerprint density at radius 2 is 0.485 bits per heavy atom. The second kappa shape index (κ2) is 73.4. The first-order valence-electron chi connectivity index (χ1n) is 51.4. The Bertz CT molecular complexity index is 3520. The Balaban J connectivity index is 3.55. The van der Waals surface area contributed by atoms with Crippen LogP contribution in [0.2, 0.25) is 0 Å². The number of likely N-dealkylation sites (tertiary alicyclic amines) is 1. The van der Waals surface area contributed by atoms with Crippen LogP contribution in [0.3, 0.4) is 0 Å². The van der Waals surface area contributed by atoms with Crippen molar-refractivity contribution in [3.05, 3.63) is 0 Å². The van der Waals surface area contributed by atoms with Crippen LogP contribution in [0.4, 0.5) is 0 Å². The molecular weight excluding hydrogens is 1740 g/mol. The van der Waals surface area contributed by atoms with E-state index >= 15 is 4.79 Å². The molecule has 39 nitrogen and oxygen atoms in total. The van der Waals surface area contributed by atoms with Crippen LogP contribution in [-0.4, -0.2) is 242 Å². The highest BCUT2D eigenvalue weighted by Gasteiger charge is 2.42. The Labute approximate surface area is 812 Å². The summed E-state index contributed by atoms with van der Waals surface area (Å²) in [6.07, 6.45) is 21.0. The summed E-state index contributed by atoms with van der Waals surface area (Å²) < 4.78 is 0. The third-order valence-electron chi connectivity index (χ3n) is 24.1. The van der Waals surface area contributed by atoms with E-state index in [1.54, 1.807) is 0 Å². The van der Waals surface area contributed by atoms with E-state index in [0.717, 1.165) is 25.7 Å². The number of nitrogens with zero attached hydrogens (tertiary/aromatic N) is 1. The van der Waals surface area contributed by atoms with Gasteiger partial charge in [-0.3, -0.25) is 76.7 Å². The van der Waals surface area contributed by atoms with Crippen molar-refractivity contribution >= 4 is 94.5 Å². The molecule has 39 heteroatoms. The first kappa shape index (κ1) is 125. The van der Waals surface area contributed by atoms with Gasteiger partial charge in [0, 0.05) is 13.0 Å². The van der Waals surface area contributed by atoms with Crippen molar-refractivity contribution < 1.29 is 76.7 Å². The molecule has 0 aromatic carbocycles. The molecular formula is C97H185N23O16. The third kappa shape index (κ3) is 54.0. The van der Waals surface area contributed by atoms with Crippen molar-refractivity contribution in [1.29, 1.82) is 0 Å². The average molecular weight is 1930 g/mol. The highest BCUT2D eigenvalue weighted by molar-refractivity contribution is 6.01. The predicted octanol–water partition coefficient (Wildman–Crippen LogP) is 3.12. The van der Waals surface area contributed by atoms with Crippen LogP contribution in [-0.2, 0) is 76.7 Å². The van der Waals surface area contributed by atoms with E-state index in [0.29, 0.717) is 122 Å². The Kier molecular flexibility index (Phi) is 67.6. The first-order valence-corrected chi connectivity index (χ1v) is 51.4. The molecule has 0 saturated carbocycles. The van der Waals surface area contributed by atoms with Gasteiger partial charge >= 0.3 is 0 Å². The van der Waals surface area contributed by atoms with Gasteiger partial charge in [0.2, 0.25) is 94.5 Å². The van der Waals surface area contributed by atoms with Gasteiger partial charge in [0.15, 0.2) is 0 Å². The number of nitrogens with two attached hydrogens (primary N) is 8. The zero-order valence-electron chi connectivity index (χ0n) is 85.1. The van der Waals surface area contributed by atoms with Gasteiger partial charge < -0.3 is 125 Å². The summed E-state index contributed by atoms with van der Waals surface area (Å²) in [5, 5.41) is 39.1. The maximum Gasteiger partial charge on any atom is 0.245 e. The van der Waals surface area contributed by atoms with E-state index in [1.807, 2.05) is 69.2 Å². The number of carbonyl (C=O) groups is 16. The molecule has 16 amide bonds. The largest absolute Gasteiger partial charge is 0.368 e. The van der Waals surface area contributed by atoms with Gasteiger partial charge in [0.05, 0.1) is 0 Å². The van der Waals surface area contributed by atoms with Gasteiger partial charge in [-0.2, -0.15) is 0 Å². The quantitative estimate of drug-likeness (QED) is 0.0389. The summed E-state index contributed by atoms with van der Waals surface area (Å²) in [5.74, 6) is -11.8. The van der Waals surface area contributed by atoms with Crippen LogP contribution in [0.5, 0.6) is 0 Å². The Morgan fingerprint density at radius 1 is 0.257 bits per heavy atom. The normalized spacial score (nSPS) is 15.7. The summed E-state index contributed by atoms with van der Waals surface area (Å²) >= 11 is 0. The molecule has 1 aliphatic heterocycles. The molecule has 136 heavy (non-hydrogen) atoms. The molecule has 0 unspecified atom stereocenters. The fraction of sp³-hybridized carbons (Fsp3) is 0.835. The molecule has 0 radical (unpaired) electrons. The van der Waals surface area contributed by atoms with E-state index in [2.05, 4.69) is 81.4 Å². The molecule has 0 aromatic heterocycles. The van der Waals surface area contributed by atoms with Crippen LogP contribution < -0.4 is 120 Å². The number of unbranched alkanes of at least 4 members (excludes halogenated alkanes) is 17. The van der Waals surface area contributed by atoms with Crippen molar-refractivity contribution in [1.82, 2.24) is 79.3 Å². The van der Waals surface area contributed by atoms with E-state index < -0.39 is 179 Å². The number of primary amides is 1. The second-order valence-electron chi connectivity index (χ2n) is 39.3. The number of carbonyl (C=O) groups excluding carboxylic acids is 16. The molecule has 1 fully saturated rings. The molecule has 1 heterocycles. The molecule has 30 N–H and O–H groups in total. The lowest BCUT2D eigenvalue weighted by Gasteiger charge is -2.31. The molecule has 1 aliphatic rings. The maximum atomic E-state index is 15.1. The fourth-order valence-corrected chi connectivity index (χ4v) is 16.4. The topological polar surface area (TPSA) is 653 Å². The van der Waals surface area contributed by atoms with Crippen molar-refractivity contribution in [2.75, 3.05) is 52.4 Å². The van der Waals surface area contributed by atoms with Crippen molar-refractivity contribution in [3.8, 4) is 0 Å². The molecule has 15 atom stereocenters. The Morgan fingerprint density at radius 3 is 0.787 bits per heavy atom. The molecule has 0 bridgehead atoms. The molecule has 0 aliphatic carbocycles. The van der Waals surface area contributed by atoms with E-state index in [9.17, 15) is 71.9 Å². The number of hydrogen-bond donors (Lipinski definition) is 22. The van der Waals surface area contributed by atoms with Gasteiger partial charge in [-0.15, -0.1) is 0 Å². The smallest absolute Gasteiger partial charge is 0.245 e. The average Bonchev–Trinajstić information content (AvgIpc) is 1.66. The fourth-order valence-electron chi connectivity index (χ4n) is 16.4. The number of nitrogens with one attached hydrogen (secondary N) is 14. The minimum absolute atomic E-state index is 0.0336. The maximum absolute atomic E-state index is 15.1. The minimum Gasteiger partial charge on any atom is -0.368 e. The zero-order chi connectivity index (χ0) is 102. The van der Waals surface area contributed by atoms with Crippen LogP contribution in [0.15, 0.2) is 0 Å². The number of hydrogen-bond acceptors (Lipinski definition) is 23. The molecule has 1 saturated heterocycles. The standard InChI is InChI=1S/C97H185N23O16/c1-14-15-16-17-18-19-20-21-22-23-24-48-82(121)108-70(41-26-33-50-99)87(126)111-71(42-27-34-51-100)86(125)106-68(13)85(124)115-77(58-63(4)5)93(132)112-73(44-29-36-53-102)89(128)116-76(57-62(2)3)91(130)107-67(12)84(123)110-72(43-28-35-52-101)88(127)114-75(46-31-38-55-104)97(136)120-56-39-47-81(120)96(135)119-80(61-66(10)11)94(133)113-74(45-30-37-54-103)90(129)117-79(60-65(8)9)95(134)118-78(59-64(6)7)92(131)109-69(83(105)122)40-25-32-49-98/h62-81H,14-61,98-104H2,1-13H3,(H2,105,122)(H,106,125)(H,107,130)(H,108,121)(H,109,131)(H,110,123)(H,111,126)(H,112,132)(H,113,133)(H,114,127)(H,115,124)(H,116,128)(H,117,129)(H,118,134)(H,119,135)/t67-,68-,69-,70-,71-,72-,73-,74-,75-,76-,77-,78-,79-,80-,81-/m0/s1. The predicted molar refractivity (Wildman–Crippen MR) is 531 cm³/mol. The van der Waals surface area contributed by atoms with Gasteiger partial charge in [0.1, 0.15) is 90.6 Å². The van der Waals surface area contributed by atoms with Crippen molar-refractivity contribution in [3.63, 3.8) is 0 Å². The summed E-state index contributed by atoms with van der Waals surface area (Å²) in [4.78, 5) is 230. The molecule has 784 valence electrons. The zero-order valence-corrected chi connectivity index (χ0v) is 85.1. The summed E-state index contributed by atoms with van der Waals surface area (Å²) in [6.45, 7) is 25.6. The van der Waals surface area contributed by atoms with Crippen molar-refractivity contribution in [2.24, 2.45) is 75.5 Å². The lowest BCUT2D eigenvalue weighted by Crippen LogP contribution is -2.61. The van der Waals surface area contributed by atoms with E-state index in [-0.39, 0.29) is 158 Å². The number of rotatable bonds is 79. The van der Waals surface area contributed by atoms with Crippen LogP contribution in [0, 0.1) is 29.6 Å². The summed E-state index contributed by atoms with van der Waals surface area (Å²) in [5.41, 5.74) is 46.7. The molecule has 0 aromatic rings. The third-order valence-corrected chi connectivity index (χ3v) is 24.1. The van der Waals surface area contributed by atoms with Gasteiger partial charge in [-0.05, 0) is 275 Å². The highest BCUT2D eigenvalue weighted by atomic mass is 16.2. The Hall–Kier alpha value is -8.76. The SMILES string of the molecule is CCCCCCCCCCCCCC(=O)N[C@@H](CCCCN)C(=O)N[C@@H](CCCCN)C(=O)N[C@@H](C)C(=O)N[C@@H](CC(C)C)C(=O)N[C@@H](CCCCN)C(=O)N[C@@H](CC(C)C)C(=O)N[C@@H](C)C(=O)N[C@@H](CCCCN)C(=O)N[C@@H](CCCCN)C(=O)N1CCC[C@H]1C(=O)N[C@@H](CC(C)C)C(=O)N[C@@H](CCCCN)C(=O)N[C@@H](CC(C)C)C(=O)N[C@@H](CC(C)C)C(=O)N[C@@H](CCCCN)C(N)=O. The first-order chi connectivity index (χ1) is 64.7. The minimum atomic E-state index is -1.35. The van der Waals surface area contributed by atoms with Crippen LogP contribution >= 0.6 is 0 Å². The van der Waals surface area contributed by atoms with Crippen LogP contribution in [0.25, 0.3) is 0 Å². The summed E-state index contributed by atoms with van der Waals surface area (Å²) in [7, 11) is 0. The van der Waals surface area contributed by atoms with Crippen LogP contribution in [0.1, 0.15) is 347 Å². The van der Waals surface area contributed by atoms with Gasteiger partial charge in [-0.1, -0.05) is 140 Å². The molecule has 1 rings (SSSR count). The monoisotopic (exact) mass is 1930 g/mol. The molecule has 0 spiro atoms.